The van der Waals surface area contributed by atoms with E-state index in [2.05, 4.69) is 24.4 Å². The first kappa shape index (κ1) is 15.8. The fraction of sp³-hybridized carbons (Fsp3) is 0.588. The van der Waals surface area contributed by atoms with Gasteiger partial charge in [-0.3, -0.25) is 10.1 Å². The number of hydrogen-bond acceptors (Lipinski definition) is 3. The van der Waals surface area contributed by atoms with E-state index in [0.29, 0.717) is 0 Å². The zero-order valence-corrected chi connectivity index (χ0v) is 13.5. The molecule has 0 aliphatic carbocycles. The number of rotatable bonds is 6. The van der Waals surface area contributed by atoms with Gasteiger partial charge in [0.2, 0.25) is 5.91 Å². The molecule has 1 heterocycles. The van der Waals surface area contributed by atoms with E-state index in [9.17, 15) is 4.79 Å². The highest BCUT2D eigenvalue weighted by Gasteiger charge is 2.21. The summed E-state index contributed by atoms with van der Waals surface area (Å²) in [7, 11) is 1.84. The average Bonchev–Trinajstić information content (AvgIpc) is 2.98. The van der Waals surface area contributed by atoms with E-state index in [0.717, 1.165) is 31.7 Å². The number of carbonyl (C=O) groups is 1. The number of nitrogens with one attached hydrogen (secondary N) is 1. The number of amides is 1. The molecule has 21 heavy (non-hydrogen) atoms. The lowest BCUT2D eigenvalue weighted by Crippen LogP contribution is -2.44. The molecule has 1 aliphatic rings. The van der Waals surface area contributed by atoms with Crippen LogP contribution in [-0.2, 0) is 11.2 Å². The summed E-state index contributed by atoms with van der Waals surface area (Å²) in [5.74, 6) is 1.14. The molecular formula is C17H26N2O2. The Balaban J connectivity index is 2.07. The van der Waals surface area contributed by atoms with Crippen molar-refractivity contribution in [2.75, 3.05) is 20.2 Å². The highest BCUT2D eigenvalue weighted by atomic mass is 16.5. The number of carbonyl (C=O) groups excluding carboxylic acids is 1. The fourth-order valence-corrected chi connectivity index (χ4v) is 2.73. The first-order valence-electron chi connectivity index (χ1n) is 7.83. The van der Waals surface area contributed by atoms with Crippen LogP contribution in [0.5, 0.6) is 5.75 Å². The third kappa shape index (κ3) is 3.56. The van der Waals surface area contributed by atoms with Gasteiger partial charge in [0.25, 0.3) is 0 Å². The van der Waals surface area contributed by atoms with E-state index in [1.54, 1.807) is 4.90 Å². The van der Waals surface area contributed by atoms with Gasteiger partial charge in [-0.2, -0.15) is 0 Å². The molecule has 0 saturated carbocycles. The predicted octanol–water partition coefficient (Wildman–Crippen LogP) is 2.53. The van der Waals surface area contributed by atoms with E-state index < -0.39 is 0 Å². The molecule has 0 aromatic heterocycles. The Bertz CT molecular complexity index is 502. The van der Waals surface area contributed by atoms with Crippen molar-refractivity contribution in [1.82, 2.24) is 10.2 Å². The van der Waals surface area contributed by atoms with Gasteiger partial charge in [-0.05, 0) is 37.5 Å². The fourth-order valence-electron chi connectivity index (χ4n) is 2.73. The predicted molar refractivity (Wildman–Crippen MR) is 84.6 cm³/mol. The molecule has 4 heteroatoms. The van der Waals surface area contributed by atoms with Crippen LogP contribution in [0.2, 0.25) is 0 Å². The van der Waals surface area contributed by atoms with Crippen LogP contribution >= 0.6 is 0 Å². The lowest BCUT2D eigenvalue weighted by Gasteiger charge is -2.25. The maximum Gasteiger partial charge on any atom is 0.239 e. The van der Waals surface area contributed by atoms with E-state index in [1.807, 2.05) is 27.0 Å². The zero-order chi connectivity index (χ0) is 15.4. The Morgan fingerprint density at radius 1 is 1.43 bits per heavy atom. The maximum absolute atomic E-state index is 12.2. The molecule has 1 aromatic carbocycles. The first-order chi connectivity index (χ1) is 10.1. The Labute approximate surface area is 127 Å². The topological polar surface area (TPSA) is 41.6 Å². The SMILES string of the molecule is CCC(NC(C)C(=O)N(C)CC)c1ccc2c(c1)CCO2. The van der Waals surface area contributed by atoms with Crippen molar-refractivity contribution in [3.05, 3.63) is 29.3 Å². The molecule has 0 saturated heterocycles. The van der Waals surface area contributed by atoms with E-state index in [4.69, 9.17) is 4.74 Å². The van der Waals surface area contributed by atoms with Crippen molar-refractivity contribution in [2.45, 2.75) is 45.7 Å². The van der Waals surface area contributed by atoms with Crippen LogP contribution in [0.3, 0.4) is 0 Å². The van der Waals surface area contributed by atoms with Gasteiger partial charge in [0.15, 0.2) is 0 Å². The van der Waals surface area contributed by atoms with E-state index in [1.165, 1.54) is 11.1 Å². The Morgan fingerprint density at radius 2 is 2.19 bits per heavy atom. The third-order valence-corrected chi connectivity index (χ3v) is 4.20. The van der Waals surface area contributed by atoms with Gasteiger partial charge < -0.3 is 9.64 Å². The third-order valence-electron chi connectivity index (χ3n) is 4.20. The molecule has 0 spiro atoms. The van der Waals surface area contributed by atoms with Crippen molar-refractivity contribution < 1.29 is 9.53 Å². The van der Waals surface area contributed by atoms with Gasteiger partial charge in [-0.25, -0.2) is 0 Å². The smallest absolute Gasteiger partial charge is 0.239 e. The Kier molecular flexibility index (Phi) is 5.23. The second kappa shape index (κ2) is 6.94. The molecule has 2 unspecified atom stereocenters. The van der Waals surface area contributed by atoms with Gasteiger partial charge in [0.1, 0.15) is 5.75 Å². The molecule has 0 bridgehead atoms. The summed E-state index contributed by atoms with van der Waals surface area (Å²) in [6.45, 7) is 7.58. The minimum atomic E-state index is -0.176. The number of fused-ring (bicyclic) bond motifs is 1. The summed E-state index contributed by atoms with van der Waals surface area (Å²) in [4.78, 5) is 13.9. The zero-order valence-electron chi connectivity index (χ0n) is 13.5. The molecule has 2 rings (SSSR count). The van der Waals surface area contributed by atoms with E-state index >= 15 is 0 Å². The Hall–Kier alpha value is -1.55. The molecule has 1 amide bonds. The van der Waals surface area contributed by atoms with Crippen LogP contribution in [0.4, 0.5) is 0 Å². The summed E-state index contributed by atoms with van der Waals surface area (Å²) >= 11 is 0. The van der Waals surface area contributed by atoms with Crippen molar-refractivity contribution in [3.8, 4) is 5.75 Å². The average molecular weight is 290 g/mol. The monoisotopic (exact) mass is 290 g/mol. The summed E-state index contributed by atoms with van der Waals surface area (Å²) < 4.78 is 5.55. The molecule has 0 fully saturated rings. The molecular weight excluding hydrogens is 264 g/mol. The van der Waals surface area contributed by atoms with Crippen LogP contribution in [0, 0.1) is 0 Å². The minimum absolute atomic E-state index is 0.139. The molecule has 1 aliphatic heterocycles. The molecule has 1 aromatic rings. The standard InChI is InChI=1S/C17H26N2O2/c1-5-15(18-12(3)17(20)19(4)6-2)13-7-8-16-14(11-13)9-10-21-16/h7-8,11-12,15,18H,5-6,9-10H2,1-4H3. The van der Waals surface area contributed by atoms with Crippen LogP contribution in [0.25, 0.3) is 0 Å². The van der Waals surface area contributed by atoms with Gasteiger partial charge in [-0.1, -0.05) is 19.1 Å². The number of hydrogen-bond donors (Lipinski definition) is 1. The van der Waals surface area contributed by atoms with Crippen LogP contribution in [-0.4, -0.2) is 37.0 Å². The second-order valence-electron chi connectivity index (χ2n) is 5.67. The van der Waals surface area contributed by atoms with Gasteiger partial charge in [0.05, 0.1) is 12.6 Å². The largest absolute Gasteiger partial charge is 0.493 e. The van der Waals surface area contributed by atoms with Crippen LogP contribution in [0.15, 0.2) is 18.2 Å². The number of ether oxygens (including phenoxy) is 1. The summed E-state index contributed by atoms with van der Waals surface area (Å²) in [6, 6.07) is 6.38. The molecule has 0 radical (unpaired) electrons. The van der Waals surface area contributed by atoms with E-state index in [-0.39, 0.29) is 18.0 Å². The normalized spacial score (nSPS) is 16.0. The molecule has 4 nitrogen and oxygen atoms in total. The lowest BCUT2D eigenvalue weighted by molar-refractivity contribution is -0.131. The van der Waals surface area contributed by atoms with Gasteiger partial charge >= 0.3 is 0 Å². The van der Waals surface area contributed by atoms with Crippen molar-refractivity contribution >= 4 is 5.91 Å². The van der Waals surface area contributed by atoms with Gasteiger partial charge in [-0.15, -0.1) is 0 Å². The van der Waals surface area contributed by atoms with Crippen molar-refractivity contribution in [1.29, 1.82) is 0 Å². The molecule has 2 atom stereocenters. The van der Waals surface area contributed by atoms with Crippen LogP contribution in [0.1, 0.15) is 44.4 Å². The maximum atomic E-state index is 12.2. The number of likely N-dealkylation sites (N-methyl/N-ethyl adjacent to an activating group) is 1. The first-order valence-corrected chi connectivity index (χ1v) is 7.83. The summed E-state index contributed by atoms with van der Waals surface area (Å²) in [6.07, 6.45) is 1.93. The Morgan fingerprint density at radius 3 is 2.86 bits per heavy atom. The second-order valence-corrected chi connectivity index (χ2v) is 5.67. The van der Waals surface area contributed by atoms with Crippen molar-refractivity contribution in [2.24, 2.45) is 0 Å². The number of nitrogens with zero attached hydrogens (tertiary/aromatic N) is 1. The highest BCUT2D eigenvalue weighted by Crippen LogP contribution is 2.29. The van der Waals surface area contributed by atoms with Gasteiger partial charge in [0, 0.05) is 26.1 Å². The highest BCUT2D eigenvalue weighted by molar-refractivity contribution is 5.81. The molecule has 1 N–H and O–H groups in total. The summed E-state index contributed by atoms with van der Waals surface area (Å²) in [5, 5.41) is 3.46. The quantitative estimate of drug-likeness (QED) is 0.875. The van der Waals surface area contributed by atoms with Crippen molar-refractivity contribution in [3.63, 3.8) is 0 Å². The number of benzene rings is 1. The summed E-state index contributed by atoms with van der Waals surface area (Å²) in [5.41, 5.74) is 2.51. The van der Waals surface area contributed by atoms with Crippen LogP contribution < -0.4 is 10.1 Å². The lowest BCUT2D eigenvalue weighted by atomic mass is 10.00. The minimum Gasteiger partial charge on any atom is -0.493 e. The molecule has 116 valence electrons.